The van der Waals surface area contributed by atoms with Gasteiger partial charge in [-0.1, -0.05) is 29.8 Å². The standard InChI is InChI=1S/C14H13ClN2O/c1-2-18-9-17-12-6-4-3-5-10(12)13-11(15)7-8-16-14(13)17/h3-8H,2,9H2,1H3. The van der Waals surface area contributed by atoms with Crippen molar-refractivity contribution in [1.82, 2.24) is 9.55 Å². The lowest BCUT2D eigenvalue weighted by Crippen LogP contribution is -2.02. The zero-order valence-electron chi connectivity index (χ0n) is 10.1. The van der Waals surface area contributed by atoms with E-state index >= 15 is 0 Å². The number of hydrogen-bond donors (Lipinski definition) is 0. The molecule has 4 heteroatoms. The van der Waals surface area contributed by atoms with Crippen LogP contribution in [0.5, 0.6) is 0 Å². The van der Waals surface area contributed by atoms with Crippen molar-refractivity contribution >= 4 is 33.5 Å². The van der Waals surface area contributed by atoms with Crippen LogP contribution in [-0.4, -0.2) is 16.2 Å². The van der Waals surface area contributed by atoms with Crippen molar-refractivity contribution in [3.63, 3.8) is 0 Å². The van der Waals surface area contributed by atoms with E-state index < -0.39 is 0 Å². The van der Waals surface area contributed by atoms with Gasteiger partial charge >= 0.3 is 0 Å². The predicted octanol–water partition coefficient (Wildman–Crippen LogP) is 3.84. The molecule has 0 aliphatic rings. The smallest absolute Gasteiger partial charge is 0.144 e. The van der Waals surface area contributed by atoms with Crippen LogP contribution in [0.15, 0.2) is 36.5 Å². The average molecular weight is 261 g/mol. The summed E-state index contributed by atoms with van der Waals surface area (Å²) < 4.78 is 7.57. The number of hydrogen-bond acceptors (Lipinski definition) is 2. The first kappa shape index (κ1) is 11.5. The lowest BCUT2D eigenvalue weighted by Gasteiger charge is -2.05. The predicted molar refractivity (Wildman–Crippen MR) is 73.9 cm³/mol. The molecule has 2 aromatic heterocycles. The van der Waals surface area contributed by atoms with Crippen LogP contribution in [0.1, 0.15) is 6.92 Å². The maximum Gasteiger partial charge on any atom is 0.144 e. The zero-order chi connectivity index (χ0) is 12.5. The lowest BCUT2D eigenvalue weighted by atomic mass is 10.2. The Kier molecular flexibility index (Phi) is 2.94. The lowest BCUT2D eigenvalue weighted by molar-refractivity contribution is 0.0932. The normalized spacial score (nSPS) is 11.4. The number of aromatic nitrogens is 2. The molecule has 3 rings (SSSR count). The van der Waals surface area contributed by atoms with Crippen molar-refractivity contribution in [1.29, 1.82) is 0 Å². The molecule has 0 N–H and O–H groups in total. The fraction of sp³-hybridized carbons (Fsp3) is 0.214. The van der Waals surface area contributed by atoms with Gasteiger partial charge in [0, 0.05) is 23.6 Å². The van der Waals surface area contributed by atoms with Crippen LogP contribution in [-0.2, 0) is 11.5 Å². The summed E-state index contributed by atoms with van der Waals surface area (Å²) >= 11 is 6.29. The molecule has 0 unspecified atom stereocenters. The van der Waals surface area contributed by atoms with Gasteiger partial charge in [0.25, 0.3) is 0 Å². The van der Waals surface area contributed by atoms with E-state index in [1.807, 2.05) is 25.1 Å². The maximum atomic E-state index is 6.29. The minimum atomic E-state index is 0.494. The summed E-state index contributed by atoms with van der Waals surface area (Å²) in [5.74, 6) is 0. The number of benzene rings is 1. The second-order valence-corrected chi connectivity index (χ2v) is 4.47. The van der Waals surface area contributed by atoms with E-state index in [-0.39, 0.29) is 0 Å². The molecule has 0 saturated heterocycles. The third-order valence-electron chi connectivity index (χ3n) is 3.02. The number of fused-ring (bicyclic) bond motifs is 3. The third-order valence-corrected chi connectivity index (χ3v) is 3.34. The highest BCUT2D eigenvalue weighted by Gasteiger charge is 2.13. The molecule has 0 radical (unpaired) electrons. The van der Waals surface area contributed by atoms with Crippen LogP contribution in [0, 0.1) is 0 Å². The molecule has 0 saturated carbocycles. The number of nitrogens with zero attached hydrogens (tertiary/aromatic N) is 2. The molecule has 0 amide bonds. The summed E-state index contributed by atoms with van der Waals surface area (Å²) in [6.07, 6.45) is 1.73. The number of ether oxygens (including phenoxy) is 1. The van der Waals surface area contributed by atoms with E-state index in [4.69, 9.17) is 16.3 Å². The van der Waals surface area contributed by atoms with Crippen molar-refractivity contribution in [2.45, 2.75) is 13.7 Å². The van der Waals surface area contributed by atoms with Gasteiger partial charge in [-0.2, -0.15) is 0 Å². The Balaban J connectivity index is 2.39. The molecule has 18 heavy (non-hydrogen) atoms. The first-order chi connectivity index (χ1) is 8.83. The first-order valence-electron chi connectivity index (χ1n) is 5.92. The van der Waals surface area contributed by atoms with E-state index in [2.05, 4.69) is 21.7 Å². The largest absolute Gasteiger partial charge is 0.361 e. The van der Waals surface area contributed by atoms with Gasteiger partial charge in [-0.3, -0.25) is 0 Å². The Morgan fingerprint density at radius 3 is 2.94 bits per heavy atom. The highest BCUT2D eigenvalue weighted by molar-refractivity contribution is 6.37. The Morgan fingerprint density at radius 1 is 1.28 bits per heavy atom. The second kappa shape index (κ2) is 4.59. The zero-order valence-corrected chi connectivity index (χ0v) is 10.8. The highest BCUT2D eigenvalue weighted by atomic mass is 35.5. The van der Waals surface area contributed by atoms with E-state index in [1.54, 1.807) is 6.20 Å². The van der Waals surface area contributed by atoms with Gasteiger partial charge in [0.2, 0.25) is 0 Å². The molecule has 3 nitrogen and oxygen atoms in total. The van der Waals surface area contributed by atoms with Gasteiger partial charge in [-0.05, 0) is 19.1 Å². The number of halogens is 1. The Bertz CT molecular complexity index is 705. The summed E-state index contributed by atoms with van der Waals surface area (Å²) in [6.45, 7) is 3.15. The van der Waals surface area contributed by atoms with Gasteiger partial charge in [0.05, 0.1) is 10.5 Å². The van der Waals surface area contributed by atoms with Crippen molar-refractivity contribution in [3.05, 3.63) is 41.6 Å². The molecule has 2 heterocycles. The van der Waals surface area contributed by atoms with E-state index in [1.165, 1.54) is 0 Å². The second-order valence-electron chi connectivity index (χ2n) is 4.06. The van der Waals surface area contributed by atoms with E-state index in [0.717, 1.165) is 27.0 Å². The molecular weight excluding hydrogens is 248 g/mol. The number of rotatable bonds is 3. The van der Waals surface area contributed by atoms with E-state index in [9.17, 15) is 0 Å². The molecule has 0 atom stereocenters. The van der Waals surface area contributed by atoms with Crippen molar-refractivity contribution < 1.29 is 4.74 Å². The summed E-state index contributed by atoms with van der Waals surface area (Å²) in [5, 5.41) is 2.84. The SMILES string of the molecule is CCOCn1c2ccccc2c2c(Cl)ccnc21. The highest BCUT2D eigenvalue weighted by Crippen LogP contribution is 2.32. The van der Waals surface area contributed by atoms with E-state index in [0.29, 0.717) is 13.3 Å². The molecule has 3 aromatic rings. The molecule has 1 aromatic carbocycles. The fourth-order valence-corrected chi connectivity index (χ4v) is 2.47. The molecular formula is C14H13ClN2O. The van der Waals surface area contributed by atoms with Crippen LogP contribution in [0.4, 0.5) is 0 Å². The maximum absolute atomic E-state index is 6.29. The first-order valence-corrected chi connectivity index (χ1v) is 6.30. The molecule has 0 bridgehead atoms. The molecule has 0 aliphatic carbocycles. The van der Waals surface area contributed by atoms with Gasteiger partial charge < -0.3 is 9.30 Å². The monoisotopic (exact) mass is 260 g/mol. The van der Waals surface area contributed by atoms with Gasteiger partial charge in [0.15, 0.2) is 0 Å². The number of para-hydroxylation sites is 1. The minimum Gasteiger partial charge on any atom is -0.361 e. The summed E-state index contributed by atoms with van der Waals surface area (Å²) in [5.41, 5.74) is 1.97. The Labute approximate surface area is 110 Å². The topological polar surface area (TPSA) is 27.1 Å². The third kappa shape index (κ3) is 1.67. The minimum absolute atomic E-state index is 0.494. The summed E-state index contributed by atoms with van der Waals surface area (Å²) in [4.78, 5) is 4.43. The van der Waals surface area contributed by atoms with Gasteiger partial charge in [-0.25, -0.2) is 4.98 Å². The summed E-state index contributed by atoms with van der Waals surface area (Å²) in [7, 11) is 0. The van der Waals surface area contributed by atoms with Crippen molar-refractivity contribution in [3.8, 4) is 0 Å². The van der Waals surface area contributed by atoms with Crippen LogP contribution < -0.4 is 0 Å². The summed E-state index contributed by atoms with van der Waals surface area (Å²) in [6, 6.07) is 9.97. The molecule has 0 fully saturated rings. The molecule has 0 aliphatic heterocycles. The Morgan fingerprint density at radius 2 is 2.11 bits per heavy atom. The van der Waals surface area contributed by atoms with Crippen LogP contribution in [0.3, 0.4) is 0 Å². The van der Waals surface area contributed by atoms with Crippen molar-refractivity contribution in [2.24, 2.45) is 0 Å². The quantitative estimate of drug-likeness (QED) is 0.715. The van der Waals surface area contributed by atoms with Gasteiger partial charge in [0.1, 0.15) is 12.4 Å². The van der Waals surface area contributed by atoms with Gasteiger partial charge in [-0.15, -0.1) is 0 Å². The van der Waals surface area contributed by atoms with Crippen LogP contribution in [0.2, 0.25) is 5.02 Å². The fourth-order valence-electron chi connectivity index (χ4n) is 2.23. The van der Waals surface area contributed by atoms with Crippen LogP contribution in [0.25, 0.3) is 21.9 Å². The van der Waals surface area contributed by atoms with Crippen molar-refractivity contribution in [2.75, 3.05) is 6.61 Å². The molecule has 92 valence electrons. The molecule has 0 spiro atoms. The number of pyridine rings is 1. The van der Waals surface area contributed by atoms with Crippen LogP contribution >= 0.6 is 11.6 Å². The Hall–Kier alpha value is -1.58. The average Bonchev–Trinajstić information content (AvgIpc) is 2.72.